The van der Waals surface area contributed by atoms with Crippen LogP contribution in [0.2, 0.25) is 0 Å². The van der Waals surface area contributed by atoms with Crippen LogP contribution in [-0.4, -0.2) is 48.3 Å². The van der Waals surface area contributed by atoms with Crippen molar-refractivity contribution in [2.24, 2.45) is 11.8 Å². The predicted molar refractivity (Wildman–Crippen MR) is 69.7 cm³/mol. The van der Waals surface area contributed by atoms with Crippen LogP contribution >= 0.6 is 0 Å². The Morgan fingerprint density at radius 1 is 1.35 bits per heavy atom. The molecule has 0 spiro atoms. The van der Waals surface area contributed by atoms with E-state index < -0.39 is 0 Å². The first-order valence-corrected chi connectivity index (χ1v) is 6.54. The zero-order chi connectivity index (χ0) is 12.6. The van der Waals surface area contributed by atoms with E-state index in [-0.39, 0.29) is 11.5 Å². The topological polar surface area (TPSA) is 23.6 Å². The number of carbonyl (C=O) groups is 1. The maximum atomic E-state index is 10.6. The number of piperazine rings is 1. The molecule has 1 aliphatic carbocycles. The molecule has 0 amide bonds. The predicted octanol–water partition coefficient (Wildman–Crippen LogP) is 1.75. The van der Waals surface area contributed by atoms with Crippen LogP contribution in [0.3, 0.4) is 0 Å². The molecular formula is C14H24N2O. The fourth-order valence-electron chi connectivity index (χ4n) is 2.79. The zero-order valence-corrected chi connectivity index (χ0v) is 11.3. The summed E-state index contributed by atoms with van der Waals surface area (Å²) in [5.74, 6) is 0.835. The third-order valence-electron chi connectivity index (χ3n) is 4.56. The largest absolute Gasteiger partial charge is 0.372 e. The first-order chi connectivity index (χ1) is 7.94. The van der Waals surface area contributed by atoms with Gasteiger partial charge in [0.15, 0.2) is 0 Å². The van der Waals surface area contributed by atoms with Gasteiger partial charge in [-0.05, 0) is 39.7 Å². The molecule has 1 heterocycles. The second-order valence-electron chi connectivity index (χ2n) is 6.21. The second kappa shape index (κ2) is 4.45. The van der Waals surface area contributed by atoms with E-state index in [9.17, 15) is 4.79 Å². The summed E-state index contributed by atoms with van der Waals surface area (Å²) in [5, 5.41) is 0. The van der Waals surface area contributed by atoms with Gasteiger partial charge >= 0.3 is 0 Å². The highest BCUT2D eigenvalue weighted by Crippen LogP contribution is 2.39. The van der Waals surface area contributed by atoms with E-state index in [1.807, 2.05) is 0 Å². The van der Waals surface area contributed by atoms with Crippen LogP contribution in [0, 0.1) is 11.8 Å². The van der Waals surface area contributed by atoms with Crippen LogP contribution in [0.5, 0.6) is 0 Å². The number of hydrogen-bond donors (Lipinski definition) is 0. The smallest absolute Gasteiger partial charge is 0.123 e. The normalized spacial score (nSPS) is 33.0. The minimum atomic E-state index is 0.217. The van der Waals surface area contributed by atoms with E-state index in [4.69, 9.17) is 0 Å². The van der Waals surface area contributed by atoms with Gasteiger partial charge in [-0.3, -0.25) is 4.90 Å². The Morgan fingerprint density at radius 3 is 2.53 bits per heavy atom. The maximum Gasteiger partial charge on any atom is 0.123 e. The fraction of sp³-hybridized carbons (Fsp3) is 0.786. The van der Waals surface area contributed by atoms with Crippen LogP contribution in [0.15, 0.2) is 12.3 Å². The van der Waals surface area contributed by atoms with Gasteiger partial charge in [0.2, 0.25) is 0 Å². The first kappa shape index (κ1) is 12.6. The average Bonchev–Trinajstić information content (AvgIpc) is 2.20. The lowest BCUT2D eigenvalue weighted by Gasteiger charge is -2.49. The molecule has 0 bridgehead atoms. The van der Waals surface area contributed by atoms with Gasteiger partial charge in [0.05, 0.1) is 0 Å². The Bertz CT molecular complexity index is 318. The van der Waals surface area contributed by atoms with Gasteiger partial charge in [-0.15, -0.1) is 0 Å². The summed E-state index contributed by atoms with van der Waals surface area (Å²) in [7, 11) is 2.19. The lowest BCUT2D eigenvalue weighted by Crippen LogP contribution is -2.57. The lowest BCUT2D eigenvalue weighted by molar-refractivity contribution is -0.114. The number of aldehydes is 1. The fourth-order valence-corrected chi connectivity index (χ4v) is 2.79. The highest BCUT2D eigenvalue weighted by atomic mass is 16.1. The molecule has 0 radical (unpaired) electrons. The van der Waals surface area contributed by atoms with E-state index in [1.165, 1.54) is 5.70 Å². The molecule has 3 nitrogen and oxygen atoms in total. The molecule has 0 aromatic rings. The molecular weight excluding hydrogens is 212 g/mol. The highest BCUT2D eigenvalue weighted by molar-refractivity contribution is 5.55. The van der Waals surface area contributed by atoms with Crippen molar-refractivity contribution in [3.63, 3.8) is 0 Å². The Morgan fingerprint density at radius 2 is 2.00 bits per heavy atom. The monoisotopic (exact) mass is 236 g/mol. The maximum absolute atomic E-state index is 10.6. The van der Waals surface area contributed by atoms with Crippen molar-refractivity contribution in [3.8, 4) is 0 Å². The molecule has 1 saturated carbocycles. The Balaban J connectivity index is 1.91. The quantitative estimate of drug-likeness (QED) is 0.698. The van der Waals surface area contributed by atoms with Crippen molar-refractivity contribution >= 4 is 6.29 Å². The number of rotatable bonds is 3. The van der Waals surface area contributed by atoms with Crippen molar-refractivity contribution < 1.29 is 4.79 Å². The van der Waals surface area contributed by atoms with Gasteiger partial charge in [-0.2, -0.15) is 0 Å². The summed E-state index contributed by atoms with van der Waals surface area (Å²) >= 11 is 0. The van der Waals surface area contributed by atoms with E-state index in [2.05, 4.69) is 37.3 Å². The van der Waals surface area contributed by atoms with Crippen molar-refractivity contribution in [2.45, 2.75) is 32.2 Å². The van der Waals surface area contributed by atoms with E-state index >= 15 is 0 Å². The van der Waals surface area contributed by atoms with Gasteiger partial charge in [0.25, 0.3) is 0 Å². The van der Waals surface area contributed by atoms with Gasteiger partial charge in [0, 0.05) is 36.8 Å². The molecule has 96 valence electrons. The molecule has 0 unspecified atom stereocenters. The third kappa shape index (κ3) is 2.39. The third-order valence-corrected chi connectivity index (χ3v) is 4.56. The second-order valence-corrected chi connectivity index (χ2v) is 6.21. The van der Waals surface area contributed by atoms with Crippen LogP contribution in [0.25, 0.3) is 0 Å². The van der Waals surface area contributed by atoms with Gasteiger partial charge in [-0.25, -0.2) is 0 Å². The summed E-state index contributed by atoms with van der Waals surface area (Å²) in [4.78, 5) is 15.5. The van der Waals surface area contributed by atoms with Crippen molar-refractivity contribution in [3.05, 3.63) is 12.3 Å². The van der Waals surface area contributed by atoms with Gasteiger partial charge in [-0.1, -0.05) is 6.58 Å². The summed E-state index contributed by atoms with van der Waals surface area (Å²) in [6.45, 7) is 12.0. The zero-order valence-electron chi connectivity index (χ0n) is 11.3. The molecule has 1 saturated heterocycles. The molecule has 1 aliphatic heterocycles. The van der Waals surface area contributed by atoms with Gasteiger partial charge in [0.1, 0.15) is 6.29 Å². The number of carbonyl (C=O) groups excluding carboxylic acids is 1. The van der Waals surface area contributed by atoms with Crippen molar-refractivity contribution in [1.29, 1.82) is 0 Å². The standard InChI is InChI=1S/C14H24N2O/c1-11(13-7-12(8-13)9-17)16-6-5-15(4)14(2,3)10-16/h9,12-13H,1,5-8,10H2,2-4H3. The number of nitrogens with zero attached hydrogens (tertiary/aromatic N) is 2. The van der Waals surface area contributed by atoms with Crippen LogP contribution in [-0.2, 0) is 4.79 Å². The SMILES string of the molecule is C=C(C1CC(C=O)C1)N1CCN(C)C(C)(C)C1. The Hall–Kier alpha value is -0.830. The first-order valence-electron chi connectivity index (χ1n) is 6.54. The number of hydrogen-bond acceptors (Lipinski definition) is 3. The molecule has 0 N–H and O–H groups in total. The van der Waals surface area contributed by atoms with E-state index in [1.54, 1.807) is 0 Å². The molecule has 0 aromatic carbocycles. The molecule has 2 rings (SSSR count). The van der Waals surface area contributed by atoms with Crippen molar-refractivity contribution in [1.82, 2.24) is 9.80 Å². The van der Waals surface area contributed by atoms with Gasteiger partial charge < -0.3 is 9.69 Å². The molecule has 0 atom stereocenters. The molecule has 2 fully saturated rings. The van der Waals surface area contributed by atoms with Crippen LogP contribution in [0.4, 0.5) is 0 Å². The summed E-state index contributed by atoms with van der Waals surface area (Å²) in [6, 6.07) is 0. The number of allylic oxidation sites excluding steroid dienone is 1. The lowest BCUT2D eigenvalue weighted by atomic mass is 9.73. The molecule has 3 heteroatoms. The van der Waals surface area contributed by atoms with Crippen LogP contribution in [0.1, 0.15) is 26.7 Å². The minimum Gasteiger partial charge on any atom is -0.372 e. The molecule has 0 aromatic heterocycles. The van der Waals surface area contributed by atoms with Crippen molar-refractivity contribution in [2.75, 3.05) is 26.7 Å². The Kier molecular flexibility index (Phi) is 3.30. The molecule has 17 heavy (non-hydrogen) atoms. The molecule has 2 aliphatic rings. The summed E-state index contributed by atoms with van der Waals surface area (Å²) in [5.41, 5.74) is 1.47. The number of likely N-dealkylation sites (N-methyl/N-ethyl adjacent to an activating group) is 1. The summed E-state index contributed by atoms with van der Waals surface area (Å²) < 4.78 is 0. The summed E-state index contributed by atoms with van der Waals surface area (Å²) in [6.07, 6.45) is 3.11. The highest BCUT2D eigenvalue weighted by Gasteiger charge is 2.37. The minimum absolute atomic E-state index is 0.217. The Labute approximate surface area is 104 Å². The average molecular weight is 236 g/mol. The van der Waals surface area contributed by atoms with E-state index in [0.29, 0.717) is 5.92 Å². The van der Waals surface area contributed by atoms with Crippen LogP contribution < -0.4 is 0 Å². The van der Waals surface area contributed by atoms with E-state index in [0.717, 1.165) is 38.8 Å².